The zero-order valence-electron chi connectivity index (χ0n) is 11.4. The fourth-order valence-corrected chi connectivity index (χ4v) is 2.19. The molecule has 1 nitrogen and oxygen atoms in total. The highest BCUT2D eigenvalue weighted by molar-refractivity contribution is 5.24. The van der Waals surface area contributed by atoms with Crippen LogP contribution in [-0.2, 0) is 6.42 Å². The van der Waals surface area contributed by atoms with Crippen LogP contribution in [0.15, 0.2) is 73.3 Å². The summed E-state index contributed by atoms with van der Waals surface area (Å²) in [4.78, 5) is 0. The molecule has 2 unspecified atom stereocenters. The highest BCUT2D eigenvalue weighted by Gasteiger charge is 2.13. The fourth-order valence-electron chi connectivity index (χ4n) is 2.19. The van der Waals surface area contributed by atoms with Crippen molar-refractivity contribution in [2.45, 2.75) is 25.4 Å². The summed E-state index contributed by atoms with van der Waals surface area (Å²) in [5.41, 5.74) is 2.67. The minimum absolute atomic E-state index is 0.300. The smallest absolute Gasteiger partial charge is 0.0365 e. The van der Waals surface area contributed by atoms with Gasteiger partial charge in [0, 0.05) is 12.1 Å². The SMILES string of the molecule is C=CC(C)NC(Cc1ccccc1)c1ccccc1. The lowest BCUT2D eigenvalue weighted by atomic mass is 9.98. The predicted octanol–water partition coefficient (Wildman–Crippen LogP) is 4.13. The van der Waals surface area contributed by atoms with Crippen molar-refractivity contribution in [2.75, 3.05) is 0 Å². The molecule has 0 amide bonds. The molecule has 98 valence electrons. The third-order valence-electron chi connectivity index (χ3n) is 3.30. The third-order valence-corrected chi connectivity index (χ3v) is 3.30. The molecule has 0 aliphatic rings. The topological polar surface area (TPSA) is 12.0 Å². The Hall–Kier alpha value is -1.86. The Balaban J connectivity index is 2.17. The van der Waals surface area contributed by atoms with Crippen LogP contribution in [0.2, 0.25) is 0 Å². The van der Waals surface area contributed by atoms with Crippen LogP contribution in [0.4, 0.5) is 0 Å². The molecule has 2 aromatic rings. The molecule has 0 aliphatic heterocycles. The van der Waals surface area contributed by atoms with Crippen LogP contribution >= 0.6 is 0 Å². The number of hydrogen-bond acceptors (Lipinski definition) is 1. The number of nitrogens with one attached hydrogen (secondary N) is 1. The van der Waals surface area contributed by atoms with Crippen LogP contribution in [0.25, 0.3) is 0 Å². The molecular formula is C18H21N. The van der Waals surface area contributed by atoms with Gasteiger partial charge in [-0.1, -0.05) is 66.7 Å². The lowest BCUT2D eigenvalue weighted by molar-refractivity contribution is 0.500. The average molecular weight is 251 g/mol. The standard InChI is InChI=1S/C18H21N/c1-3-15(2)19-18(17-12-8-5-9-13-17)14-16-10-6-4-7-11-16/h3-13,15,18-19H,1,14H2,2H3. The molecule has 0 aromatic heterocycles. The molecule has 0 heterocycles. The number of hydrogen-bond donors (Lipinski definition) is 1. The largest absolute Gasteiger partial charge is 0.304 e. The van der Waals surface area contributed by atoms with Gasteiger partial charge in [0.15, 0.2) is 0 Å². The van der Waals surface area contributed by atoms with E-state index in [1.54, 1.807) is 0 Å². The lowest BCUT2D eigenvalue weighted by Crippen LogP contribution is -2.30. The number of benzene rings is 2. The normalized spacial score (nSPS) is 13.7. The van der Waals surface area contributed by atoms with Gasteiger partial charge in [0.05, 0.1) is 0 Å². The van der Waals surface area contributed by atoms with Gasteiger partial charge in [-0.25, -0.2) is 0 Å². The minimum Gasteiger partial charge on any atom is -0.304 e. The molecule has 0 aliphatic carbocycles. The third kappa shape index (κ3) is 4.08. The highest BCUT2D eigenvalue weighted by atomic mass is 14.9. The van der Waals surface area contributed by atoms with Crippen molar-refractivity contribution >= 4 is 0 Å². The molecule has 2 rings (SSSR count). The van der Waals surface area contributed by atoms with E-state index < -0.39 is 0 Å². The summed E-state index contributed by atoms with van der Waals surface area (Å²) >= 11 is 0. The lowest BCUT2D eigenvalue weighted by Gasteiger charge is -2.22. The first-order valence-corrected chi connectivity index (χ1v) is 6.77. The van der Waals surface area contributed by atoms with Crippen LogP contribution < -0.4 is 5.32 Å². The van der Waals surface area contributed by atoms with Gasteiger partial charge in [-0.3, -0.25) is 0 Å². The molecule has 2 aromatic carbocycles. The summed E-state index contributed by atoms with van der Waals surface area (Å²) in [6.45, 7) is 5.98. The molecule has 1 N–H and O–H groups in total. The molecule has 0 fully saturated rings. The fraction of sp³-hybridized carbons (Fsp3) is 0.222. The van der Waals surface area contributed by atoms with E-state index in [-0.39, 0.29) is 0 Å². The average Bonchev–Trinajstić information content (AvgIpc) is 2.48. The van der Waals surface area contributed by atoms with E-state index in [2.05, 4.69) is 79.5 Å². The Bertz CT molecular complexity index is 490. The molecule has 1 heteroatoms. The van der Waals surface area contributed by atoms with E-state index in [1.807, 2.05) is 6.08 Å². The monoisotopic (exact) mass is 251 g/mol. The van der Waals surface area contributed by atoms with Gasteiger partial charge in [-0.15, -0.1) is 6.58 Å². The van der Waals surface area contributed by atoms with E-state index in [9.17, 15) is 0 Å². The summed E-state index contributed by atoms with van der Waals surface area (Å²) in [6, 6.07) is 21.8. The van der Waals surface area contributed by atoms with Crippen molar-refractivity contribution in [1.82, 2.24) is 5.32 Å². The molecule has 19 heavy (non-hydrogen) atoms. The van der Waals surface area contributed by atoms with Crippen molar-refractivity contribution in [1.29, 1.82) is 0 Å². The second-order valence-electron chi connectivity index (χ2n) is 4.84. The second kappa shape index (κ2) is 6.91. The Morgan fingerprint density at radius 2 is 1.58 bits per heavy atom. The summed E-state index contributed by atoms with van der Waals surface area (Å²) in [5.74, 6) is 0. The van der Waals surface area contributed by atoms with Gasteiger partial charge in [0.1, 0.15) is 0 Å². The maximum atomic E-state index is 3.85. The van der Waals surface area contributed by atoms with E-state index in [4.69, 9.17) is 0 Å². The van der Waals surface area contributed by atoms with Crippen molar-refractivity contribution in [2.24, 2.45) is 0 Å². The first kappa shape index (κ1) is 13.6. The molecule has 0 saturated heterocycles. The van der Waals surface area contributed by atoms with Crippen molar-refractivity contribution < 1.29 is 0 Å². The van der Waals surface area contributed by atoms with Crippen molar-refractivity contribution in [3.63, 3.8) is 0 Å². The summed E-state index contributed by atoms with van der Waals surface area (Å²) in [6.07, 6.45) is 2.93. The first-order chi connectivity index (χ1) is 9.29. The van der Waals surface area contributed by atoms with Gasteiger partial charge in [0.25, 0.3) is 0 Å². The quantitative estimate of drug-likeness (QED) is 0.761. The molecule has 2 atom stereocenters. The van der Waals surface area contributed by atoms with Crippen LogP contribution in [0, 0.1) is 0 Å². The zero-order valence-corrected chi connectivity index (χ0v) is 11.4. The molecule has 0 spiro atoms. The molecule has 0 saturated carbocycles. The summed E-state index contributed by atoms with van der Waals surface area (Å²) in [5, 5.41) is 3.61. The Morgan fingerprint density at radius 1 is 1.00 bits per heavy atom. The highest BCUT2D eigenvalue weighted by Crippen LogP contribution is 2.19. The van der Waals surface area contributed by atoms with E-state index in [0.29, 0.717) is 12.1 Å². The Morgan fingerprint density at radius 3 is 2.16 bits per heavy atom. The van der Waals surface area contributed by atoms with Crippen LogP contribution in [0.5, 0.6) is 0 Å². The second-order valence-corrected chi connectivity index (χ2v) is 4.84. The summed E-state index contributed by atoms with van der Waals surface area (Å²) in [7, 11) is 0. The zero-order chi connectivity index (χ0) is 13.5. The Kier molecular flexibility index (Phi) is 4.93. The first-order valence-electron chi connectivity index (χ1n) is 6.77. The van der Waals surface area contributed by atoms with Gasteiger partial charge >= 0.3 is 0 Å². The molecular weight excluding hydrogens is 230 g/mol. The van der Waals surface area contributed by atoms with Crippen LogP contribution in [0.3, 0.4) is 0 Å². The van der Waals surface area contributed by atoms with Crippen LogP contribution in [-0.4, -0.2) is 6.04 Å². The van der Waals surface area contributed by atoms with Gasteiger partial charge in [-0.2, -0.15) is 0 Å². The molecule has 0 bridgehead atoms. The molecule has 0 radical (unpaired) electrons. The van der Waals surface area contributed by atoms with Gasteiger partial charge in [-0.05, 0) is 24.5 Å². The van der Waals surface area contributed by atoms with Crippen LogP contribution in [0.1, 0.15) is 24.1 Å². The maximum Gasteiger partial charge on any atom is 0.0365 e. The Labute approximate surface area is 116 Å². The van der Waals surface area contributed by atoms with Gasteiger partial charge < -0.3 is 5.32 Å². The number of rotatable bonds is 6. The van der Waals surface area contributed by atoms with E-state index >= 15 is 0 Å². The van der Waals surface area contributed by atoms with Crippen molar-refractivity contribution in [3.8, 4) is 0 Å². The van der Waals surface area contributed by atoms with Crippen molar-refractivity contribution in [3.05, 3.63) is 84.4 Å². The minimum atomic E-state index is 0.300. The summed E-state index contributed by atoms with van der Waals surface area (Å²) < 4.78 is 0. The van der Waals surface area contributed by atoms with E-state index in [0.717, 1.165) is 6.42 Å². The van der Waals surface area contributed by atoms with E-state index in [1.165, 1.54) is 11.1 Å². The predicted molar refractivity (Wildman–Crippen MR) is 82.1 cm³/mol. The van der Waals surface area contributed by atoms with Gasteiger partial charge in [0.2, 0.25) is 0 Å². The maximum absolute atomic E-state index is 3.85.